The van der Waals surface area contributed by atoms with E-state index in [0.29, 0.717) is 11.9 Å². The lowest BCUT2D eigenvalue weighted by atomic mass is 9.98. The minimum atomic E-state index is 0.438. The Kier molecular flexibility index (Phi) is 3.25. The summed E-state index contributed by atoms with van der Waals surface area (Å²) in [4.78, 5) is 6.42. The zero-order chi connectivity index (χ0) is 11.4. The molecule has 0 aromatic heterocycles. The van der Waals surface area contributed by atoms with E-state index in [-0.39, 0.29) is 0 Å². The van der Waals surface area contributed by atoms with Crippen LogP contribution in [0, 0.1) is 0 Å². The standard InChI is InChI=1S/C13H17N3/c1-2-8-16-10-12(9-15-13(16)14)11-6-4-3-5-7-11/h2-7,12H,1,8-10H2,(H2,14,15). The van der Waals surface area contributed by atoms with Gasteiger partial charge in [0.05, 0.1) is 6.54 Å². The van der Waals surface area contributed by atoms with Crippen molar-refractivity contribution in [2.45, 2.75) is 5.92 Å². The number of nitrogens with two attached hydrogens (primary N) is 1. The van der Waals surface area contributed by atoms with Gasteiger partial charge in [-0.25, -0.2) is 0 Å². The normalized spacial score (nSPS) is 20.4. The lowest BCUT2D eigenvalue weighted by Gasteiger charge is -2.31. The zero-order valence-corrected chi connectivity index (χ0v) is 9.34. The molecular formula is C13H17N3. The van der Waals surface area contributed by atoms with Gasteiger partial charge in [0.1, 0.15) is 0 Å². The van der Waals surface area contributed by atoms with Gasteiger partial charge < -0.3 is 10.6 Å². The minimum Gasteiger partial charge on any atom is -0.370 e. The molecule has 1 aromatic rings. The van der Waals surface area contributed by atoms with Gasteiger partial charge in [0.2, 0.25) is 0 Å². The third-order valence-corrected chi connectivity index (χ3v) is 2.86. The summed E-state index contributed by atoms with van der Waals surface area (Å²) in [5.41, 5.74) is 7.16. The van der Waals surface area contributed by atoms with E-state index in [1.54, 1.807) is 0 Å². The van der Waals surface area contributed by atoms with Gasteiger partial charge in [-0.2, -0.15) is 0 Å². The number of aliphatic imine (C=N–C) groups is 1. The Morgan fingerprint density at radius 2 is 2.19 bits per heavy atom. The van der Waals surface area contributed by atoms with Crippen molar-refractivity contribution in [3.63, 3.8) is 0 Å². The van der Waals surface area contributed by atoms with Gasteiger partial charge in [0, 0.05) is 19.0 Å². The molecule has 0 radical (unpaired) electrons. The summed E-state index contributed by atoms with van der Waals surface area (Å²) >= 11 is 0. The van der Waals surface area contributed by atoms with Gasteiger partial charge in [0.15, 0.2) is 5.96 Å². The van der Waals surface area contributed by atoms with Crippen LogP contribution in [0.5, 0.6) is 0 Å². The van der Waals surface area contributed by atoms with Crippen LogP contribution in [0.1, 0.15) is 11.5 Å². The molecule has 1 atom stereocenters. The van der Waals surface area contributed by atoms with Crippen molar-refractivity contribution >= 4 is 5.96 Å². The predicted molar refractivity (Wildman–Crippen MR) is 67.4 cm³/mol. The fourth-order valence-electron chi connectivity index (χ4n) is 1.98. The zero-order valence-electron chi connectivity index (χ0n) is 9.34. The molecule has 0 bridgehead atoms. The lowest BCUT2D eigenvalue weighted by molar-refractivity contribution is 0.392. The first-order valence-electron chi connectivity index (χ1n) is 5.52. The van der Waals surface area contributed by atoms with Gasteiger partial charge in [-0.05, 0) is 5.56 Å². The Morgan fingerprint density at radius 3 is 2.88 bits per heavy atom. The monoisotopic (exact) mass is 215 g/mol. The highest BCUT2D eigenvalue weighted by atomic mass is 15.3. The molecule has 0 aliphatic carbocycles. The van der Waals surface area contributed by atoms with Crippen LogP contribution >= 0.6 is 0 Å². The summed E-state index contributed by atoms with van der Waals surface area (Å²) in [7, 11) is 0. The minimum absolute atomic E-state index is 0.438. The molecule has 3 heteroatoms. The highest BCUT2D eigenvalue weighted by molar-refractivity contribution is 5.79. The van der Waals surface area contributed by atoms with Crippen LogP contribution in [0.2, 0.25) is 0 Å². The van der Waals surface area contributed by atoms with Crippen molar-refractivity contribution in [2.75, 3.05) is 19.6 Å². The summed E-state index contributed by atoms with van der Waals surface area (Å²) < 4.78 is 0. The molecule has 0 spiro atoms. The van der Waals surface area contributed by atoms with Crippen LogP contribution in [-0.4, -0.2) is 30.5 Å². The maximum Gasteiger partial charge on any atom is 0.191 e. The molecule has 0 saturated carbocycles. The molecular weight excluding hydrogens is 198 g/mol. The maximum atomic E-state index is 5.83. The smallest absolute Gasteiger partial charge is 0.191 e. The molecule has 2 rings (SSSR count). The van der Waals surface area contributed by atoms with E-state index >= 15 is 0 Å². The molecule has 0 saturated heterocycles. The van der Waals surface area contributed by atoms with Crippen LogP contribution in [0.25, 0.3) is 0 Å². The molecule has 84 valence electrons. The second-order valence-electron chi connectivity index (χ2n) is 4.00. The summed E-state index contributed by atoms with van der Waals surface area (Å²) in [5.74, 6) is 1.07. The molecule has 1 aliphatic heterocycles. The van der Waals surface area contributed by atoms with Crippen molar-refractivity contribution in [1.29, 1.82) is 0 Å². The maximum absolute atomic E-state index is 5.83. The van der Waals surface area contributed by atoms with Crippen molar-refractivity contribution < 1.29 is 0 Å². The highest BCUT2D eigenvalue weighted by Crippen LogP contribution is 2.20. The van der Waals surface area contributed by atoms with Crippen molar-refractivity contribution in [3.8, 4) is 0 Å². The quantitative estimate of drug-likeness (QED) is 0.778. The number of hydrogen-bond acceptors (Lipinski definition) is 3. The van der Waals surface area contributed by atoms with E-state index in [1.807, 2.05) is 12.1 Å². The topological polar surface area (TPSA) is 41.6 Å². The fourth-order valence-corrected chi connectivity index (χ4v) is 1.98. The number of guanidine groups is 1. The first-order chi connectivity index (χ1) is 7.81. The van der Waals surface area contributed by atoms with E-state index in [4.69, 9.17) is 5.73 Å². The van der Waals surface area contributed by atoms with Gasteiger partial charge >= 0.3 is 0 Å². The number of nitrogens with zero attached hydrogens (tertiary/aromatic N) is 2. The highest BCUT2D eigenvalue weighted by Gasteiger charge is 2.20. The Morgan fingerprint density at radius 1 is 1.44 bits per heavy atom. The molecule has 1 aliphatic rings. The summed E-state index contributed by atoms with van der Waals surface area (Å²) in [6.07, 6.45) is 1.86. The second-order valence-corrected chi connectivity index (χ2v) is 4.00. The first-order valence-corrected chi connectivity index (χ1v) is 5.52. The fraction of sp³-hybridized carbons (Fsp3) is 0.308. The molecule has 0 fully saturated rings. The molecule has 16 heavy (non-hydrogen) atoms. The van der Waals surface area contributed by atoms with Crippen molar-refractivity contribution in [2.24, 2.45) is 10.7 Å². The Balaban J connectivity index is 2.13. The largest absolute Gasteiger partial charge is 0.370 e. The van der Waals surface area contributed by atoms with E-state index < -0.39 is 0 Å². The van der Waals surface area contributed by atoms with Crippen molar-refractivity contribution in [3.05, 3.63) is 48.6 Å². The number of rotatable bonds is 3. The average Bonchev–Trinajstić information content (AvgIpc) is 2.33. The van der Waals surface area contributed by atoms with E-state index in [9.17, 15) is 0 Å². The first kappa shape index (κ1) is 10.7. The van der Waals surface area contributed by atoms with Crippen LogP contribution in [0.15, 0.2) is 48.0 Å². The molecule has 1 aromatic carbocycles. The molecule has 3 nitrogen and oxygen atoms in total. The van der Waals surface area contributed by atoms with Gasteiger partial charge in [-0.1, -0.05) is 36.4 Å². The third-order valence-electron chi connectivity index (χ3n) is 2.86. The number of hydrogen-bond donors (Lipinski definition) is 1. The second kappa shape index (κ2) is 4.84. The predicted octanol–water partition coefficient (Wildman–Crippen LogP) is 1.59. The van der Waals surface area contributed by atoms with Gasteiger partial charge in [0.25, 0.3) is 0 Å². The van der Waals surface area contributed by atoms with Crippen LogP contribution in [0.3, 0.4) is 0 Å². The molecule has 2 N–H and O–H groups in total. The Bertz CT molecular complexity index is 383. The molecule has 0 amide bonds. The summed E-state index contributed by atoms with van der Waals surface area (Å²) in [6, 6.07) is 10.5. The SMILES string of the molecule is C=CCN1CC(c2ccccc2)CN=C1N. The number of benzene rings is 1. The summed E-state index contributed by atoms with van der Waals surface area (Å²) in [5, 5.41) is 0. The van der Waals surface area contributed by atoms with Crippen LogP contribution < -0.4 is 5.73 Å². The molecule has 1 heterocycles. The average molecular weight is 215 g/mol. The summed E-state index contributed by atoms with van der Waals surface area (Å²) in [6.45, 7) is 6.20. The Hall–Kier alpha value is -1.77. The molecule has 1 unspecified atom stereocenters. The van der Waals surface area contributed by atoms with Gasteiger partial charge in [-0.15, -0.1) is 6.58 Å². The van der Waals surface area contributed by atoms with Gasteiger partial charge in [-0.3, -0.25) is 4.99 Å². The van der Waals surface area contributed by atoms with E-state index in [2.05, 4.69) is 40.7 Å². The van der Waals surface area contributed by atoms with Crippen molar-refractivity contribution in [1.82, 2.24) is 4.90 Å². The lowest BCUT2D eigenvalue weighted by Crippen LogP contribution is -2.44. The van der Waals surface area contributed by atoms with Crippen LogP contribution in [-0.2, 0) is 0 Å². The third kappa shape index (κ3) is 2.24. The van der Waals surface area contributed by atoms with Crippen LogP contribution in [0.4, 0.5) is 0 Å². The van der Waals surface area contributed by atoms with E-state index in [0.717, 1.165) is 19.6 Å². The Labute approximate surface area is 96.3 Å². The van der Waals surface area contributed by atoms with E-state index in [1.165, 1.54) is 5.56 Å².